The van der Waals surface area contributed by atoms with Crippen molar-refractivity contribution >= 4 is 0 Å². The molecule has 0 bridgehead atoms. The lowest BCUT2D eigenvalue weighted by Gasteiger charge is -2.41. The van der Waals surface area contributed by atoms with E-state index in [1.54, 1.807) is 0 Å². The third kappa shape index (κ3) is 1.79. The summed E-state index contributed by atoms with van der Waals surface area (Å²) in [5.41, 5.74) is 5.51. The average Bonchev–Trinajstić information content (AvgIpc) is 2.14. The third-order valence-electron chi connectivity index (χ3n) is 2.64. The van der Waals surface area contributed by atoms with E-state index in [2.05, 4.69) is 0 Å². The van der Waals surface area contributed by atoms with Crippen molar-refractivity contribution in [2.45, 2.75) is 38.5 Å². The molecule has 3 heteroatoms. The maximum absolute atomic E-state index is 5.89. The molecular weight excluding hydrogens is 190 g/mol. The molecule has 0 saturated heterocycles. The topological polar surface area (TPSA) is 44.5 Å². The molecule has 0 fully saturated rings. The molecule has 82 valence electrons. The highest BCUT2D eigenvalue weighted by molar-refractivity contribution is 5.42. The molecule has 2 unspecified atom stereocenters. The second-order valence-electron chi connectivity index (χ2n) is 4.55. The van der Waals surface area contributed by atoms with Crippen LogP contribution in [0.5, 0.6) is 11.5 Å². The van der Waals surface area contributed by atoms with Gasteiger partial charge < -0.3 is 15.2 Å². The van der Waals surface area contributed by atoms with Crippen LogP contribution >= 0.6 is 0 Å². The Morgan fingerprint density at radius 1 is 1.27 bits per heavy atom. The zero-order chi connectivity index (χ0) is 11.1. The Hall–Kier alpha value is -1.22. The largest absolute Gasteiger partial charge is 0.481 e. The molecule has 1 aliphatic heterocycles. The van der Waals surface area contributed by atoms with E-state index >= 15 is 0 Å². The standard InChI is InChI=1S/C12H17NO2/c1-8(13)11-12(2,3)15-10-7-5-4-6-9(10)14-11/h4-8,11H,13H2,1-3H3. The summed E-state index contributed by atoms with van der Waals surface area (Å²) >= 11 is 0. The van der Waals surface area contributed by atoms with E-state index < -0.39 is 0 Å². The number of ether oxygens (including phenoxy) is 2. The number of nitrogens with two attached hydrogens (primary N) is 1. The quantitative estimate of drug-likeness (QED) is 0.765. The molecule has 2 atom stereocenters. The van der Waals surface area contributed by atoms with Crippen molar-refractivity contribution in [3.05, 3.63) is 24.3 Å². The molecular formula is C12H17NO2. The van der Waals surface area contributed by atoms with Crippen molar-refractivity contribution in [3.8, 4) is 11.5 Å². The molecule has 0 amide bonds. The van der Waals surface area contributed by atoms with Crippen LogP contribution in [0.15, 0.2) is 24.3 Å². The highest BCUT2D eigenvalue weighted by Crippen LogP contribution is 2.38. The average molecular weight is 207 g/mol. The third-order valence-corrected chi connectivity index (χ3v) is 2.64. The van der Waals surface area contributed by atoms with E-state index in [0.717, 1.165) is 11.5 Å². The van der Waals surface area contributed by atoms with E-state index in [4.69, 9.17) is 15.2 Å². The summed E-state index contributed by atoms with van der Waals surface area (Å²) in [5, 5.41) is 0. The van der Waals surface area contributed by atoms with Gasteiger partial charge in [0.25, 0.3) is 0 Å². The molecule has 0 aromatic heterocycles. The normalized spacial score (nSPS) is 24.7. The van der Waals surface area contributed by atoms with Crippen LogP contribution in [0.1, 0.15) is 20.8 Å². The summed E-state index contributed by atoms with van der Waals surface area (Å²) < 4.78 is 11.7. The second kappa shape index (κ2) is 3.42. The summed E-state index contributed by atoms with van der Waals surface area (Å²) in [6, 6.07) is 7.62. The van der Waals surface area contributed by atoms with E-state index in [-0.39, 0.29) is 17.7 Å². The number of benzene rings is 1. The number of para-hydroxylation sites is 2. The fraction of sp³-hybridized carbons (Fsp3) is 0.500. The van der Waals surface area contributed by atoms with Gasteiger partial charge >= 0.3 is 0 Å². The van der Waals surface area contributed by atoms with E-state index in [1.165, 1.54) is 0 Å². The molecule has 0 aliphatic carbocycles. The molecule has 0 saturated carbocycles. The van der Waals surface area contributed by atoms with Gasteiger partial charge in [-0.2, -0.15) is 0 Å². The minimum atomic E-state index is -0.386. The van der Waals surface area contributed by atoms with Crippen LogP contribution in [0, 0.1) is 0 Å². The van der Waals surface area contributed by atoms with Crippen molar-refractivity contribution in [3.63, 3.8) is 0 Å². The first-order valence-corrected chi connectivity index (χ1v) is 5.21. The minimum absolute atomic E-state index is 0.0617. The number of rotatable bonds is 1. The number of hydrogen-bond donors (Lipinski definition) is 1. The summed E-state index contributed by atoms with van der Waals surface area (Å²) in [6.07, 6.45) is -0.118. The van der Waals surface area contributed by atoms with Crippen molar-refractivity contribution < 1.29 is 9.47 Å². The zero-order valence-electron chi connectivity index (χ0n) is 9.36. The van der Waals surface area contributed by atoms with E-state index in [0.29, 0.717) is 0 Å². The zero-order valence-corrected chi connectivity index (χ0v) is 9.36. The first-order chi connectivity index (χ1) is 7.00. The molecule has 15 heavy (non-hydrogen) atoms. The highest BCUT2D eigenvalue weighted by Gasteiger charge is 2.40. The molecule has 1 aliphatic rings. The fourth-order valence-electron chi connectivity index (χ4n) is 1.99. The predicted octanol–water partition coefficient (Wildman–Crippen LogP) is 1.95. The molecule has 3 nitrogen and oxygen atoms in total. The Morgan fingerprint density at radius 2 is 1.87 bits per heavy atom. The lowest BCUT2D eigenvalue weighted by molar-refractivity contribution is -0.0509. The van der Waals surface area contributed by atoms with Crippen molar-refractivity contribution in [2.24, 2.45) is 5.73 Å². The maximum Gasteiger partial charge on any atom is 0.162 e. The molecule has 0 spiro atoms. The Labute approximate surface area is 90.2 Å². The van der Waals surface area contributed by atoms with Gasteiger partial charge in [-0.25, -0.2) is 0 Å². The maximum atomic E-state index is 5.89. The first-order valence-electron chi connectivity index (χ1n) is 5.21. The molecule has 1 aromatic rings. The van der Waals surface area contributed by atoms with Crippen molar-refractivity contribution in [2.75, 3.05) is 0 Å². The lowest BCUT2D eigenvalue weighted by atomic mass is 9.94. The number of fused-ring (bicyclic) bond motifs is 1. The summed E-state index contributed by atoms with van der Waals surface area (Å²) in [6.45, 7) is 5.93. The molecule has 1 aromatic carbocycles. The Kier molecular flexibility index (Phi) is 2.35. The van der Waals surface area contributed by atoms with Gasteiger partial charge in [0.15, 0.2) is 17.6 Å². The first kappa shape index (κ1) is 10.3. The van der Waals surface area contributed by atoms with Crippen molar-refractivity contribution in [1.82, 2.24) is 0 Å². The molecule has 0 radical (unpaired) electrons. The van der Waals surface area contributed by atoms with Crippen LogP contribution in [0.25, 0.3) is 0 Å². The van der Waals surface area contributed by atoms with Gasteiger partial charge in [0.2, 0.25) is 0 Å². The van der Waals surface area contributed by atoms with Crippen LogP contribution < -0.4 is 15.2 Å². The highest BCUT2D eigenvalue weighted by atomic mass is 16.6. The summed E-state index contributed by atoms with van der Waals surface area (Å²) in [4.78, 5) is 0. The van der Waals surface area contributed by atoms with Crippen LogP contribution in [0.2, 0.25) is 0 Å². The van der Waals surface area contributed by atoms with Gasteiger partial charge in [-0.3, -0.25) is 0 Å². The Bertz CT molecular complexity index is 360. The van der Waals surface area contributed by atoms with Gasteiger partial charge in [0, 0.05) is 6.04 Å². The smallest absolute Gasteiger partial charge is 0.162 e. The predicted molar refractivity (Wildman–Crippen MR) is 59.2 cm³/mol. The van der Waals surface area contributed by atoms with Crippen LogP contribution in [-0.4, -0.2) is 17.7 Å². The van der Waals surface area contributed by atoms with Crippen LogP contribution in [0.3, 0.4) is 0 Å². The van der Waals surface area contributed by atoms with Gasteiger partial charge in [-0.1, -0.05) is 12.1 Å². The molecule has 2 rings (SSSR count). The monoisotopic (exact) mass is 207 g/mol. The summed E-state index contributed by atoms with van der Waals surface area (Å²) in [5.74, 6) is 1.57. The molecule has 1 heterocycles. The van der Waals surface area contributed by atoms with E-state index in [1.807, 2.05) is 45.0 Å². The lowest BCUT2D eigenvalue weighted by Crippen LogP contribution is -2.56. The number of hydrogen-bond acceptors (Lipinski definition) is 3. The minimum Gasteiger partial charge on any atom is -0.481 e. The van der Waals surface area contributed by atoms with Gasteiger partial charge in [0.05, 0.1) is 0 Å². The molecule has 2 N–H and O–H groups in total. The Balaban J connectivity index is 2.36. The summed E-state index contributed by atoms with van der Waals surface area (Å²) in [7, 11) is 0. The van der Waals surface area contributed by atoms with Gasteiger partial charge in [-0.15, -0.1) is 0 Å². The Morgan fingerprint density at radius 3 is 2.47 bits per heavy atom. The van der Waals surface area contributed by atoms with Gasteiger partial charge in [0.1, 0.15) is 5.60 Å². The SMILES string of the molecule is CC(N)C1Oc2ccccc2OC1(C)C. The second-order valence-corrected chi connectivity index (χ2v) is 4.55. The van der Waals surface area contributed by atoms with Gasteiger partial charge in [-0.05, 0) is 32.9 Å². The van der Waals surface area contributed by atoms with E-state index in [9.17, 15) is 0 Å². The van der Waals surface area contributed by atoms with Crippen LogP contribution in [0.4, 0.5) is 0 Å². The van der Waals surface area contributed by atoms with Crippen LogP contribution in [-0.2, 0) is 0 Å². The van der Waals surface area contributed by atoms with Crippen molar-refractivity contribution in [1.29, 1.82) is 0 Å². The fourth-order valence-corrected chi connectivity index (χ4v) is 1.99.